The quantitative estimate of drug-likeness (QED) is 0.542. The smallest absolute Gasteiger partial charge is 0.214 e. The van der Waals surface area contributed by atoms with Crippen molar-refractivity contribution >= 4 is 32.8 Å². The third kappa shape index (κ3) is 2.84. The number of nitrogens with zero attached hydrogens (tertiary/aromatic N) is 4. The van der Waals surface area contributed by atoms with E-state index in [1.807, 2.05) is 6.07 Å². The summed E-state index contributed by atoms with van der Waals surface area (Å²) in [6, 6.07) is 8.32. The first-order valence-electron chi connectivity index (χ1n) is 8.10. The highest BCUT2D eigenvalue weighted by Gasteiger charge is 2.21. The average molecular weight is 363 g/mol. The summed E-state index contributed by atoms with van der Waals surface area (Å²) in [7, 11) is 0. The van der Waals surface area contributed by atoms with Crippen LogP contribution < -0.4 is 0 Å². The number of benzene rings is 1. The fourth-order valence-electron chi connectivity index (χ4n) is 2.86. The third-order valence-corrected chi connectivity index (χ3v) is 6.33. The summed E-state index contributed by atoms with van der Waals surface area (Å²) in [6.07, 6.45) is 3.87. The largest absolute Gasteiger partial charge is 0.232 e. The summed E-state index contributed by atoms with van der Waals surface area (Å²) < 4.78 is 1.19. The maximum absolute atomic E-state index is 4.67. The van der Waals surface area contributed by atoms with Gasteiger partial charge in [0, 0.05) is 21.6 Å². The van der Waals surface area contributed by atoms with E-state index in [1.54, 1.807) is 22.7 Å². The minimum Gasteiger partial charge on any atom is -0.232 e. The normalized spacial score (nSPS) is 14.2. The fourth-order valence-corrected chi connectivity index (χ4v) is 4.58. The van der Waals surface area contributed by atoms with E-state index in [0.717, 1.165) is 20.8 Å². The maximum Gasteiger partial charge on any atom is 0.214 e. The van der Waals surface area contributed by atoms with Crippen LogP contribution >= 0.6 is 22.7 Å². The summed E-state index contributed by atoms with van der Waals surface area (Å²) in [5.74, 6) is 7.73. The highest BCUT2D eigenvalue weighted by atomic mass is 32.1. The monoisotopic (exact) mass is 363 g/mol. The van der Waals surface area contributed by atoms with Crippen LogP contribution in [0.3, 0.4) is 0 Å². The lowest BCUT2D eigenvalue weighted by atomic mass is 9.83. The molecule has 0 bridgehead atoms. The van der Waals surface area contributed by atoms with Crippen LogP contribution in [0, 0.1) is 11.8 Å². The first kappa shape index (κ1) is 14.8. The van der Waals surface area contributed by atoms with Crippen molar-refractivity contribution in [1.29, 1.82) is 0 Å². The first-order chi connectivity index (χ1) is 12.3. The number of thiazole rings is 1. The van der Waals surface area contributed by atoms with Crippen molar-refractivity contribution < 1.29 is 0 Å². The van der Waals surface area contributed by atoms with E-state index in [4.69, 9.17) is 0 Å². The molecule has 0 aliphatic heterocycles. The molecule has 25 heavy (non-hydrogen) atoms. The van der Waals surface area contributed by atoms with Crippen LogP contribution in [0.5, 0.6) is 0 Å². The minimum atomic E-state index is 0.625. The first-order valence-corrected chi connectivity index (χ1v) is 9.80. The second kappa shape index (κ2) is 6.06. The number of tetrazole rings is 1. The molecular formula is C18H13N5S2. The van der Waals surface area contributed by atoms with Gasteiger partial charge in [0.2, 0.25) is 5.82 Å². The molecule has 0 saturated heterocycles. The van der Waals surface area contributed by atoms with Crippen LogP contribution in [0.25, 0.3) is 20.8 Å². The molecule has 0 amide bonds. The van der Waals surface area contributed by atoms with Crippen molar-refractivity contribution in [3.8, 4) is 22.5 Å². The number of fused-ring (bicyclic) bond motifs is 1. The van der Waals surface area contributed by atoms with Crippen molar-refractivity contribution in [2.75, 3.05) is 0 Å². The number of hydrogen-bond acceptors (Lipinski definition) is 6. The zero-order chi connectivity index (χ0) is 16.6. The van der Waals surface area contributed by atoms with Crippen LogP contribution in [0.15, 0.2) is 29.6 Å². The van der Waals surface area contributed by atoms with Crippen molar-refractivity contribution in [3.05, 3.63) is 45.9 Å². The van der Waals surface area contributed by atoms with E-state index in [1.165, 1.54) is 29.7 Å². The average Bonchev–Trinajstić information content (AvgIpc) is 3.30. The van der Waals surface area contributed by atoms with Gasteiger partial charge < -0.3 is 0 Å². The summed E-state index contributed by atoms with van der Waals surface area (Å²) >= 11 is 3.29. The Bertz CT molecular complexity index is 1090. The van der Waals surface area contributed by atoms with Crippen LogP contribution in [0.2, 0.25) is 0 Å². The summed E-state index contributed by atoms with van der Waals surface area (Å²) in [4.78, 5) is 5.67. The predicted octanol–water partition coefficient (Wildman–Crippen LogP) is 4.21. The van der Waals surface area contributed by atoms with Gasteiger partial charge in [-0.2, -0.15) is 5.21 Å². The Kier molecular flexibility index (Phi) is 3.58. The van der Waals surface area contributed by atoms with Gasteiger partial charge in [-0.25, -0.2) is 4.98 Å². The molecular weight excluding hydrogens is 350 g/mol. The Hall–Kier alpha value is -2.56. The molecule has 7 heteroatoms. The predicted molar refractivity (Wildman–Crippen MR) is 99.7 cm³/mol. The molecule has 0 unspecified atom stereocenters. The van der Waals surface area contributed by atoms with E-state index in [2.05, 4.69) is 61.0 Å². The van der Waals surface area contributed by atoms with Crippen molar-refractivity contribution in [2.24, 2.45) is 0 Å². The molecule has 1 saturated carbocycles. The lowest BCUT2D eigenvalue weighted by Gasteiger charge is -2.22. The van der Waals surface area contributed by atoms with Gasteiger partial charge in [-0.15, -0.1) is 32.9 Å². The van der Waals surface area contributed by atoms with Gasteiger partial charge in [0.1, 0.15) is 0 Å². The van der Waals surface area contributed by atoms with E-state index in [-0.39, 0.29) is 0 Å². The molecule has 4 aromatic rings. The molecule has 1 fully saturated rings. The molecule has 0 radical (unpaired) electrons. The van der Waals surface area contributed by atoms with Crippen LogP contribution in [-0.2, 0) is 0 Å². The van der Waals surface area contributed by atoms with Gasteiger partial charge in [-0.3, -0.25) is 0 Å². The minimum absolute atomic E-state index is 0.625. The van der Waals surface area contributed by atoms with Crippen LogP contribution in [-0.4, -0.2) is 25.6 Å². The lowest BCUT2D eigenvalue weighted by Crippen LogP contribution is -2.08. The van der Waals surface area contributed by atoms with Gasteiger partial charge in [0.25, 0.3) is 0 Å². The molecule has 5 nitrogen and oxygen atoms in total. The second-order valence-corrected chi connectivity index (χ2v) is 8.00. The number of aromatic amines is 1. The Morgan fingerprint density at radius 3 is 2.92 bits per heavy atom. The Morgan fingerprint density at radius 2 is 2.12 bits per heavy atom. The molecule has 5 rings (SSSR count). The molecule has 3 heterocycles. The Balaban J connectivity index is 1.42. The second-order valence-electron chi connectivity index (χ2n) is 6.05. The molecule has 0 spiro atoms. The van der Waals surface area contributed by atoms with Crippen molar-refractivity contribution in [2.45, 2.75) is 25.2 Å². The molecule has 1 N–H and O–H groups in total. The van der Waals surface area contributed by atoms with Gasteiger partial charge >= 0.3 is 0 Å². The van der Waals surface area contributed by atoms with E-state index in [9.17, 15) is 0 Å². The maximum atomic E-state index is 4.67. The number of rotatable bonds is 2. The van der Waals surface area contributed by atoms with Gasteiger partial charge in [0.15, 0.2) is 5.01 Å². The number of hydrogen-bond donors (Lipinski definition) is 1. The van der Waals surface area contributed by atoms with Gasteiger partial charge in [-0.05, 0) is 53.6 Å². The van der Waals surface area contributed by atoms with Crippen molar-refractivity contribution in [1.82, 2.24) is 25.6 Å². The molecule has 1 aromatic carbocycles. The SMILES string of the molecule is C(#Cc1nc(C2CCC2)cs1)c1ccc2sc(-c3nn[nH]n3)cc2c1. The highest BCUT2D eigenvalue weighted by molar-refractivity contribution is 7.22. The van der Waals surface area contributed by atoms with E-state index < -0.39 is 0 Å². The summed E-state index contributed by atoms with van der Waals surface area (Å²) in [5.41, 5.74) is 2.21. The fraction of sp³-hybridized carbons (Fsp3) is 0.222. The standard InChI is InChI=1S/C18H13N5S2/c1-2-12(3-1)14-10-24-17(19-14)7-5-11-4-6-15-13(8-11)9-16(25-15)18-20-22-23-21-18/h4,6,8-10,12H,1-3H2,(H,20,21,22,23). The van der Waals surface area contributed by atoms with Crippen LogP contribution in [0.4, 0.5) is 0 Å². The molecule has 1 aliphatic rings. The van der Waals surface area contributed by atoms with Crippen LogP contribution in [0.1, 0.15) is 41.4 Å². The van der Waals surface area contributed by atoms with E-state index >= 15 is 0 Å². The van der Waals surface area contributed by atoms with Gasteiger partial charge in [-0.1, -0.05) is 12.3 Å². The molecule has 1 aliphatic carbocycles. The Morgan fingerprint density at radius 1 is 1.16 bits per heavy atom. The lowest BCUT2D eigenvalue weighted by molar-refractivity contribution is 0.412. The summed E-state index contributed by atoms with van der Waals surface area (Å²) in [5, 5.41) is 18.4. The third-order valence-electron chi connectivity index (χ3n) is 4.44. The zero-order valence-corrected chi connectivity index (χ0v) is 14.8. The van der Waals surface area contributed by atoms with Gasteiger partial charge in [0.05, 0.1) is 10.6 Å². The Labute approximate surface area is 152 Å². The number of H-pyrrole nitrogens is 1. The number of aromatic nitrogens is 5. The molecule has 0 atom stereocenters. The summed E-state index contributed by atoms with van der Waals surface area (Å²) in [6.45, 7) is 0. The van der Waals surface area contributed by atoms with E-state index in [0.29, 0.717) is 11.7 Å². The zero-order valence-electron chi connectivity index (χ0n) is 13.2. The molecule has 3 aromatic heterocycles. The number of thiophene rings is 1. The highest BCUT2D eigenvalue weighted by Crippen LogP contribution is 2.36. The molecule has 122 valence electrons. The number of nitrogens with one attached hydrogen (secondary N) is 1. The van der Waals surface area contributed by atoms with Crippen molar-refractivity contribution in [3.63, 3.8) is 0 Å². The topological polar surface area (TPSA) is 67.3 Å².